The number of rotatable bonds is 1. The fourth-order valence-electron chi connectivity index (χ4n) is 2.48. The van der Waals surface area contributed by atoms with E-state index in [2.05, 4.69) is 10.3 Å². The summed E-state index contributed by atoms with van der Waals surface area (Å²) in [5.41, 5.74) is -2.43. The minimum atomic E-state index is -4.66. The molecule has 1 aromatic rings. The number of aromatic nitrogens is 1. The molecule has 1 aliphatic carbocycles. The zero-order valence-electron chi connectivity index (χ0n) is 12.4. The highest BCUT2D eigenvalue weighted by Gasteiger charge is 2.40. The van der Waals surface area contributed by atoms with E-state index >= 15 is 0 Å². The molecule has 0 fully saturated rings. The van der Waals surface area contributed by atoms with Crippen molar-refractivity contribution < 1.29 is 22.7 Å². The molecule has 0 aliphatic heterocycles. The van der Waals surface area contributed by atoms with Crippen LogP contribution in [0.4, 0.5) is 18.0 Å². The largest absolute Gasteiger partial charge is 0.444 e. The zero-order chi connectivity index (χ0) is 16.7. The van der Waals surface area contributed by atoms with Gasteiger partial charge in [-0.3, -0.25) is 4.79 Å². The second kappa shape index (κ2) is 5.33. The Morgan fingerprint density at radius 1 is 1.36 bits per heavy atom. The third kappa shape index (κ3) is 3.61. The first kappa shape index (κ1) is 16.4. The summed E-state index contributed by atoms with van der Waals surface area (Å²) in [7, 11) is 0. The Morgan fingerprint density at radius 3 is 2.55 bits per heavy atom. The van der Waals surface area contributed by atoms with Gasteiger partial charge in [0.25, 0.3) is 0 Å². The van der Waals surface area contributed by atoms with Gasteiger partial charge in [-0.25, -0.2) is 4.79 Å². The summed E-state index contributed by atoms with van der Waals surface area (Å²) in [6.07, 6.45) is -4.91. The molecule has 0 saturated heterocycles. The van der Waals surface area contributed by atoms with Gasteiger partial charge in [0.05, 0.1) is 11.6 Å². The quantitative estimate of drug-likeness (QED) is 0.836. The van der Waals surface area contributed by atoms with Crippen molar-refractivity contribution >= 4 is 6.09 Å². The normalized spacial score (nSPS) is 18.0. The first-order valence-electron chi connectivity index (χ1n) is 6.80. The molecule has 0 aromatic carbocycles. The van der Waals surface area contributed by atoms with Crippen LogP contribution in [0.1, 0.15) is 50.1 Å². The predicted octanol–water partition coefficient (Wildman–Crippen LogP) is 2.91. The number of nitrogens with one attached hydrogen (secondary N) is 2. The fraction of sp³-hybridized carbons (Fsp3) is 0.571. The van der Waals surface area contributed by atoms with Crippen molar-refractivity contribution in [2.75, 3.05) is 0 Å². The van der Waals surface area contributed by atoms with Crippen molar-refractivity contribution in [1.82, 2.24) is 10.3 Å². The maximum absolute atomic E-state index is 13.1. The highest BCUT2D eigenvalue weighted by atomic mass is 19.4. The highest BCUT2D eigenvalue weighted by molar-refractivity contribution is 5.69. The standard InChI is InChI=1S/C14H17F3N2O3/c1-13(2,3)22-12(21)19-9-5-4-8-11(9)7(14(15,16)17)6-10(20)18-8/h6,9H,4-5H2,1-3H3,(H,18,20)(H,19,21). The van der Waals surface area contributed by atoms with Gasteiger partial charge in [-0.15, -0.1) is 0 Å². The first-order valence-corrected chi connectivity index (χ1v) is 6.80. The Morgan fingerprint density at radius 2 is 2.00 bits per heavy atom. The van der Waals surface area contributed by atoms with Crippen molar-refractivity contribution in [2.24, 2.45) is 0 Å². The molecule has 1 amide bonds. The Labute approximate surface area is 124 Å². The molecule has 8 heteroatoms. The van der Waals surface area contributed by atoms with Crippen molar-refractivity contribution in [3.63, 3.8) is 0 Å². The molecular formula is C14H17F3N2O3. The van der Waals surface area contributed by atoms with Crippen molar-refractivity contribution in [3.8, 4) is 0 Å². The van der Waals surface area contributed by atoms with Crippen LogP contribution >= 0.6 is 0 Å². The fourth-order valence-corrected chi connectivity index (χ4v) is 2.48. The molecule has 1 aliphatic rings. The van der Waals surface area contributed by atoms with Crippen LogP contribution < -0.4 is 10.9 Å². The van der Waals surface area contributed by atoms with Crippen LogP contribution in [0, 0.1) is 0 Å². The number of hydrogen-bond donors (Lipinski definition) is 2. The summed E-state index contributed by atoms with van der Waals surface area (Å²) in [5, 5.41) is 2.44. The van der Waals surface area contributed by atoms with Gasteiger partial charge in [-0.05, 0) is 33.6 Å². The van der Waals surface area contributed by atoms with Crippen LogP contribution in [0.2, 0.25) is 0 Å². The Bertz CT molecular complexity index is 644. The lowest BCUT2D eigenvalue weighted by Gasteiger charge is -2.23. The van der Waals surface area contributed by atoms with Crippen LogP contribution in [-0.4, -0.2) is 16.7 Å². The third-order valence-corrected chi connectivity index (χ3v) is 3.19. The van der Waals surface area contributed by atoms with Crippen molar-refractivity contribution in [3.05, 3.63) is 33.2 Å². The molecule has 1 atom stereocenters. The molecule has 1 unspecified atom stereocenters. The van der Waals surface area contributed by atoms with Crippen LogP contribution in [-0.2, 0) is 17.3 Å². The number of carbonyl (C=O) groups is 1. The van der Waals surface area contributed by atoms with Crippen LogP contribution in [0.5, 0.6) is 0 Å². The molecule has 122 valence electrons. The molecule has 22 heavy (non-hydrogen) atoms. The summed E-state index contributed by atoms with van der Waals surface area (Å²) in [4.78, 5) is 25.5. The number of amides is 1. The number of carbonyl (C=O) groups excluding carboxylic acids is 1. The molecule has 2 N–H and O–H groups in total. The van der Waals surface area contributed by atoms with Gasteiger partial charge in [0.1, 0.15) is 5.60 Å². The number of alkyl halides is 3. The minimum absolute atomic E-state index is 0.0852. The number of aromatic amines is 1. The number of alkyl carbamates (subject to hydrolysis) is 1. The van der Waals surface area contributed by atoms with Crippen LogP contribution in [0.3, 0.4) is 0 Å². The van der Waals surface area contributed by atoms with Gasteiger partial charge in [0.15, 0.2) is 0 Å². The van der Waals surface area contributed by atoms with E-state index in [-0.39, 0.29) is 24.1 Å². The number of aryl methyl sites for hydroxylation is 1. The summed E-state index contributed by atoms with van der Waals surface area (Å²) >= 11 is 0. The van der Waals surface area contributed by atoms with Gasteiger partial charge in [0, 0.05) is 17.3 Å². The maximum atomic E-state index is 13.1. The zero-order valence-corrected chi connectivity index (χ0v) is 12.4. The second-order valence-corrected chi connectivity index (χ2v) is 6.17. The number of ether oxygens (including phenoxy) is 1. The molecule has 0 radical (unpaired) electrons. The first-order chi connectivity index (χ1) is 9.97. The lowest BCUT2D eigenvalue weighted by atomic mass is 10.0. The van der Waals surface area contributed by atoms with Gasteiger partial charge >= 0.3 is 12.3 Å². The molecule has 1 aromatic heterocycles. The summed E-state index contributed by atoms with van der Waals surface area (Å²) in [6, 6.07) is -0.313. The average Bonchev–Trinajstić information content (AvgIpc) is 2.67. The topological polar surface area (TPSA) is 71.2 Å². The van der Waals surface area contributed by atoms with Crippen molar-refractivity contribution in [1.29, 1.82) is 0 Å². The molecule has 0 spiro atoms. The third-order valence-electron chi connectivity index (χ3n) is 3.19. The maximum Gasteiger partial charge on any atom is 0.417 e. The monoisotopic (exact) mass is 318 g/mol. The van der Waals surface area contributed by atoms with Gasteiger partial charge in [-0.2, -0.15) is 13.2 Å². The SMILES string of the molecule is CC(C)(C)OC(=O)NC1CCc2[nH]c(=O)cc(C(F)(F)F)c21. The minimum Gasteiger partial charge on any atom is -0.444 e. The van der Waals surface area contributed by atoms with E-state index in [9.17, 15) is 22.8 Å². The van der Waals surface area contributed by atoms with E-state index in [0.29, 0.717) is 6.07 Å². The molecule has 2 rings (SSSR count). The van der Waals surface area contributed by atoms with Gasteiger partial charge in [0.2, 0.25) is 5.56 Å². The highest BCUT2D eigenvalue weighted by Crippen LogP contribution is 2.39. The number of H-pyrrole nitrogens is 1. The Hall–Kier alpha value is -1.99. The van der Waals surface area contributed by atoms with Gasteiger partial charge < -0.3 is 15.0 Å². The Kier molecular flexibility index (Phi) is 3.97. The van der Waals surface area contributed by atoms with Crippen LogP contribution in [0.25, 0.3) is 0 Å². The van der Waals surface area contributed by atoms with Crippen LogP contribution in [0.15, 0.2) is 10.9 Å². The summed E-state index contributed by atoms with van der Waals surface area (Å²) in [6.45, 7) is 4.98. The molecule has 0 saturated carbocycles. The number of pyridine rings is 1. The predicted molar refractivity (Wildman–Crippen MR) is 72.5 cm³/mol. The van der Waals surface area contributed by atoms with Gasteiger partial charge in [-0.1, -0.05) is 0 Å². The van der Waals surface area contributed by atoms with E-state index in [1.54, 1.807) is 20.8 Å². The lowest BCUT2D eigenvalue weighted by Crippen LogP contribution is -2.35. The Balaban J connectivity index is 2.32. The van der Waals surface area contributed by atoms with E-state index in [1.165, 1.54) is 0 Å². The number of fused-ring (bicyclic) bond motifs is 1. The summed E-state index contributed by atoms with van der Waals surface area (Å²) in [5.74, 6) is 0. The van der Waals surface area contributed by atoms with E-state index in [0.717, 1.165) is 0 Å². The number of hydrogen-bond acceptors (Lipinski definition) is 3. The lowest BCUT2D eigenvalue weighted by molar-refractivity contribution is -0.138. The van der Waals surface area contributed by atoms with E-state index in [4.69, 9.17) is 4.74 Å². The van der Waals surface area contributed by atoms with E-state index in [1.807, 2.05) is 0 Å². The molecule has 0 bridgehead atoms. The van der Waals surface area contributed by atoms with Crippen molar-refractivity contribution in [2.45, 2.75) is 51.4 Å². The smallest absolute Gasteiger partial charge is 0.417 e. The molecule has 5 nitrogen and oxygen atoms in total. The summed E-state index contributed by atoms with van der Waals surface area (Å²) < 4.78 is 44.4. The number of halogens is 3. The molecule has 1 heterocycles. The average molecular weight is 318 g/mol. The van der Waals surface area contributed by atoms with E-state index < -0.39 is 35.0 Å². The second-order valence-electron chi connectivity index (χ2n) is 6.17. The molecular weight excluding hydrogens is 301 g/mol.